The molecule has 1 aliphatic rings. The van der Waals surface area contributed by atoms with Crippen LogP contribution in [0.3, 0.4) is 0 Å². The molecule has 1 aromatic heterocycles. The number of hydrogen-bond donors (Lipinski definition) is 2. The minimum atomic E-state index is -3.50. The summed E-state index contributed by atoms with van der Waals surface area (Å²) in [7, 11) is -3.50. The van der Waals surface area contributed by atoms with Crippen LogP contribution in [0.25, 0.3) is 10.9 Å². The normalized spacial score (nSPS) is 15.9. The van der Waals surface area contributed by atoms with Crippen LogP contribution in [-0.2, 0) is 14.8 Å². The molecule has 0 bridgehead atoms. The Bertz CT molecular complexity index is 983. The molecular weight excluding hydrogens is 365 g/mol. The molecule has 8 nitrogen and oxygen atoms in total. The first-order valence-corrected chi connectivity index (χ1v) is 9.64. The maximum atomic E-state index is 13.2. The zero-order valence-electron chi connectivity index (χ0n) is 13.8. The van der Waals surface area contributed by atoms with E-state index in [9.17, 15) is 22.4 Å². The zero-order chi connectivity index (χ0) is 18.7. The predicted molar refractivity (Wildman–Crippen MR) is 93.0 cm³/mol. The average molecular weight is 383 g/mol. The van der Waals surface area contributed by atoms with Gasteiger partial charge in [0, 0.05) is 19.6 Å². The predicted octanol–water partition coefficient (Wildman–Crippen LogP) is 0.0590. The van der Waals surface area contributed by atoms with Gasteiger partial charge in [0.1, 0.15) is 11.4 Å². The van der Waals surface area contributed by atoms with Gasteiger partial charge in [0.05, 0.1) is 24.5 Å². The molecule has 1 saturated heterocycles. The van der Waals surface area contributed by atoms with Crippen LogP contribution in [0, 0.1) is 5.82 Å². The number of nitrogens with zero attached hydrogens (tertiary/aromatic N) is 1. The fourth-order valence-corrected chi connectivity index (χ4v) is 4.01. The lowest BCUT2D eigenvalue weighted by molar-refractivity contribution is 0.0730. The number of hydrogen-bond acceptors (Lipinski definition) is 5. The topological polar surface area (TPSA) is 109 Å². The van der Waals surface area contributed by atoms with Crippen LogP contribution >= 0.6 is 0 Å². The Kier molecular flexibility index (Phi) is 5.35. The number of aromatic nitrogens is 1. The smallest absolute Gasteiger partial charge is 0.261 e. The number of rotatable bonds is 5. The molecular formula is C16H18FN3O5S. The number of pyridine rings is 1. The summed E-state index contributed by atoms with van der Waals surface area (Å²) in [6, 6.07) is 5.17. The molecule has 140 valence electrons. The monoisotopic (exact) mass is 383 g/mol. The molecule has 0 unspecified atom stereocenters. The van der Waals surface area contributed by atoms with Crippen molar-refractivity contribution in [2.75, 3.05) is 38.6 Å². The van der Waals surface area contributed by atoms with E-state index in [-0.39, 0.29) is 36.5 Å². The molecule has 1 fully saturated rings. The molecule has 3 rings (SSSR count). The second-order valence-corrected chi connectivity index (χ2v) is 7.92. The number of ether oxygens (including phenoxy) is 1. The summed E-state index contributed by atoms with van der Waals surface area (Å²) in [5.41, 5.74) is -0.550. The largest absolute Gasteiger partial charge is 0.379 e. The van der Waals surface area contributed by atoms with E-state index in [0.29, 0.717) is 18.6 Å². The van der Waals surface area contributed by atoms with Crippen molar-refractivity contribution in [1.82, 2.24) is 14.6 Å². The fraction of sp³-hybridized carbons (Fsp3) is 0.375. The Morgan fingerprint density at radius 1 is 1.27 bits per heavy atom. The van der Waals surface area contributed by atoms with Gasteiger partial charge >= 0.3 is 0 Å². The Balaban J connectivity index is 1.66. The summed E-state index contributed by atoms with van der Waals surface area (Å²) < 4.78 is 44.0. The highest BCUT2D eigenvalue weighted by Gasteiger charge is 2.24. The highest BCUT2D eigenvalue weighted by atomic mass is 32.2. The first-order chi connectivity index (χ1) is 12.4. The molecule has 2 aromatic rings. The molecule has 1 amide bonds. The summed E-state index contributed by atoms with van der Waals surface area (Å²) in [5.74, 6) is -1.46. The van der Waals surface area contributed by atoms with Crippen molar-refractivity contribution >= 4 is 26.8 Å². The van der Waals surface area contributed by atoms with Gasteiger partial charge in [0.15, 0.2) is 0 Å². The summed E-state index contributed by atoms with van der Waals surface area (Å²) in [6.07, 6.45) is 0. The summed E-state index contributed by atoms with van der Waals surface area (Å²) in [5, 5.41) is 2.94. The highest BCUT2D eigenvalue weighted by Crippen LogP contribution is 2.12. The number of nitrogens with one attached hydrogen (secondary N) is 2. The second-order valence-electron chi connectivity index (χ2n) is 5.83. The maximum absolute atomic E-state index is 13.2. The number of H-pyrrole nitrogens is 1. The number of morpholine rings is 1. The second kappa shape index (κ2) is 7.52. The Labute approximate surface area is 149 Å². The van der Waals surface area contributed by atoms with Crippen LogP contribution in [-0.4, -0.2) is 62.2 Å². The van der Waals surface area contributed by atoms with E-state index in [1.54, 1.807) is 0 Å². The number of sulfonamides is 1. The molecule has 2 N–H and O–H groups in total. The van der Waals surface area contributed by atoms with Gasteiger partial charge in [-0.25, -0.2) is 12.8 Å². The van der Waals surface area contributed by atoms with Crippen molar-refractivity contribution in [3.63, 3.8) is 0 Å². The third-order valence-electron chi connectivity index (χ3n) is 4.06. The molecule has 0 spiro atoms. The van der Waals surface area contributed by atoms with E-state index < -0.39 is 27.3 Å². The van der Waals surface area contributed by atoms with Crippen LogP contribution in [0.1, 0.15) is 10.4 Å². The third kappa shape index (κ3) is 4.09. The third-order valence-corrected chi connectivity index (χ3v) is 5.93. The maximum Gasteiger partial charge on any atom is 0.261 e. The van der Waals surface area contributed by atoms with Crippen LogP contribution in [0.5, 0.6) is 0 Å². The first kappa shape index (κ1) is 18.5. The summed E-state index contributed by atoms with van der Waals surface area (Å²) in [4.78, 5) is 26.7. The average Bonchev–Trinajstić information content (AvgIpc) is 2.61. The fourth-order valence-electron chi connectivity index (χ4n) is 2.68. The first-order valence-electron chi connectivity index (χ1n) is 8.03. The summed E-state index contributed by atoms with van der Waals surface area (Å²) >= 11 is 0. The molecule has 10 heteroatoms. The van der Waals surface area contributed by atoms with Gasteiger partial charge in [0.2, 0.25) is 10.0 Å². The molecule has 2 heterocycles. The van der Waals surface area contributed by atoms with Gasteiger partial charge in [-0.05, 0) is 29.7 Å². The van der Waals surface area contributed by atoms with Gasteiger partial charge in [-0.1, -0.05) is 0 Å². The van der Waals surface area contributed by atoms with Gasteiger partial charge in [-0.2, -0.15) is 4.31 Å². The number of fused-ring (bicyclic) bond motifs is 1. The van der Waals surface area contributed by atoms with Crippen molar-refractivity contribution in [3.05, 3.63) is 46.0 Å². The number of amides is 1. The van der Waals surface area contributed by atoms with Crippen molar-refractivity contribution in [2.24, 2.45) is 0 Å². The van der Waals surface area contributed by atoms with Crippen LogP contribution in [0.15, 0.2) is 29.1 Å². The van der Waals surface area contributed by atoms with Gasteiger partial charge in [-0.15, -0.1) is 0 Å². The van der Waals surface area contributed by atoms with Crippen LogP contribution in [0.2, 0.25) is 0 Å². The van der Waals surface area contributed by atoms with Crippen molar-refractivity contribution in [1.29, 1.82) is 0 Å². The van der Waals surface area contributed by atoms with Crippen molar-refractivity contribution in [2.45, 2.75) is 0 Å². The minimum Gasteiger partial charge on any atom is -0.379 e. The lowest BCUT2D eigenvalue weighted by atomic mass is 10.1. The Hall–Kier alpha value is -2.30. The van der Waals surface area contributed by atoms with Gasteiger partial charge < -0.3 is 15.0 Å². The highest BCUT2D eigenvalue weighted by molar-refractivity contribution is 7.89. The Morgan fingerprint density at radius 3 is 2.73 bits per heavy atom. The van der Waals surface area contributed by atoms with E-state index in [0.717, 1.165) is 6.07 Å². The lowest BCUT2D eigenvalue weighted by Gasteiger charge is -2.26. The molecule has 26 heavy (non-hydrogen) atoms. The van der Waals surface area contributed by atoms with E-state index in [2.05, 4.69) is 10.3 Å². The van der Waals surface area contributed by atoms with E-state index >= 15 is 0 Å². The number of halogens is 1. The van der Waals surface area contributed by atoms with Crippen LogP contribution in [0.4, 0.5) is 4.39 Å². The standard InChI is InChI=1S/C16H18FN3O5S/c17-12-2-1-11-9-13(16(22)19-14(11)10-12)15(21)18-3-8-26(23,24)20-4-6-25-7-5-20/h1-2,9-10H,3-8H2,(H,18,21)(H,19,22). The molecule has 1 aliphatic heterocycles. The molecule has 0 radical (unpaired) electrons. The number of aromatic amines is 1. The molecule has 0 aliphatic carbocycles. The number of benzene rings is 1. The molecule has 1 aromatic carbocycles. The Morgan fingerprint density at radius 2 is 2.00 bits per heavy atom. The van der Waals surface area contributed by atoms with Crippen molar-refractivity contribution < 1.29 is 22.3 Å². The van der Waals surface area contributed by atoms with E-state index in [1.165, 1.54) is 22.5 Å². The lowest BCUT2D eigenvalue weighted by Crippen LogP contribution is -2.44. The zero-order valence-corrected chi connectivity index (χ0v) is 14.6. The van der Waals surface area contributed by atoms with Crippen LogP contribution < -0.4 is 10.9 Å². The molecule has 0 saturated carbocycles. The quantitative estimate of drug-likeness (QED) is 0.759. The molecule has 0 atom stereocenters. The van der Waals surface area contributed by atoms with E-state index in [4.69, 9.17) is 4.74 Å². The SMILES string of the molecule is O=C(NCCS(=O)(=O)N1CCOCC1)c1cc2ccc(F)cc2[nH]c1=O. The number of carbonyl (C=O) groups is 1. The van der Waals surface area contributed by atoms with E-state index in [1.807, 2.05) is 0 Å². The van der Waals surface area contributed by atoms with Gasteiger partial charge in [-0.3, -0.25) is 9.59 Å². The number of carbonyl (C=O) groups excluding carboxylic acids is 1. The minimum absolute atomic E-state index is 0.126. The van der Waals surface area contributed by atoms with Gasteiger partial charge in [0.25, 0.3) is 11.5 Å². The van der Waals surface area contributed by atoms with Crippen molar-refractivity contribution in [3.8, 4) is 0 Å². The summed E-state index contributed by atoms with van der Waals surface area (Å²) in [6.45, 7) is 1.14.